The molecule has 4 heteroatoms. The van der Waals surface area contributed by atoms with Crippen LogP contribution in [0.5, 0.6) is 0 Å². The molecule has 1 aromatic rings. The van der Waals surface area contributed by atoms with Crippen LogP contribution in [0, 0.1) is 0 Å². The molecule has 0 fully saturated rings. The van der Waals surface area contributed by atoms with Gasteiger partial charge >= 0.3 is 0 Å². The van der Waals surface area contributed by atoms with Crippen LogP contribution in [0.25, 0.3) is 0 Å². The van der Waals surface area contributed by atoms with E-state index in [2.05, 4.69) is 10.3 Å². The lowest BCUT2D eigenvalue weighted by atomic mass is 10.1. The summed E-state index contributed by atoms with van der Waals surface area (Å²) in [5, 5.41) is 6.34. The smallest absolute Gasteiger partial charge is 0.106 e. The quantitative estimate of drug-likeness (QED) is 0.735. The van der Waals surface area contributed by atoms with Crippen LogP contribution in [0.2, 0.25) is 0 Å². The van der Waals surface area contributed by atoms with Crippen molar-refractivity contribution in [3.63, 3.8) is 0 Å². The molecule has 0 aliphatic rings. The van der Waals surface area contributed by atoms with Gasteiger partial charge in [0.25, 0.3) is 0 Å². The standard InChI is InChI=1S/C8H15N3S/c1-8(2,9)6-10-5-7-11-3-4-12-7/h3-4,10H,5-6,9H2,1-2H3. The second-order valence-corrected chi connectivity index (χ2v) is 4.50. The number of hydrogen-bond acceptors (Lipinski definition) is 4. The van der Waals surface area contributed by atoms with E-state index in [0.717, 1.165) is 18.1 Å². The monoisotopic (exact) mass is 185 g/mol. The highest BCUT2D eigenvalue weighted by Gasteiger charge is 2.09. The van der Waals surface area contributed by atoms with Crippen LogP contribution in [0.1, 0.15) is 18.9 Å². The van der Waals surface area contributed by atoms with Crippen LogP contribution >= 0.6 is 11.3 Å². The van der Waals surface area contributed by atoms with Crippen LogP contribution < -0.4 is 11.1 Å². The Morgan fingerprint density at radius 2 is 2.42 bits per heavy atom. The normalized spacial score (nSPS) is 11.9. The SMILES string of the molecule is CC(C)(N)CNCc1nccs1. The van der Waals surface area contributed by atoms with Gasteiger partial charge in [0.15, 0.2) is 0 Å². The van der Waals surface area contributed by atoms with E-state index in [1.54, 1.807) is 11.3 Å². The molecule has 0 saturated heterocycles. The lowest BCUT2D eigenvalue weighted by molar-refractivity contribution is 0.466. The lowest BCUT2D eigenvalue weighted by Gasteiger charge is -2.18. The molecule has 0 aliphatic heterocycles. The molecule has 0 amide bonds. The van der Waals surface area contributed by atoms with Crippen molar-refractivity contribution >= 4 is 11.3 Å². The molecule has 0 radical (unpaired) electrons. The van der Waals surface area contributed by atoms with Gasteiger partial charge < -0.3 is 11.1 Å². The summed E-state index contributed by atoms with van der Waals surface area (Å²) in [7, 11) is 0. The fraction of sp³-hybridized carbons (Fsp3) is 0.625. The van der Waals surface area contributed by atoms with E-state index >= 15 is 0 Å². The van der Waals surface area contributed by atoms with Crippen molar-refractivity contribution in [1.29, 1.82) is 0 Å². The first-order chi connectivity index (χ1) is 5.58. The van der Waals surface area contributed by atoms with Gasteiger partial charge in [-0.1, -0.05) is 0 Å². The van der Waals surface area contributed by atoms with E-state index in [1.807, 2.05) is 25.4 Å². The van der Waals surface area contributed by atoms with Crippen molar-refractivity contribution in [1.82, 2.24) is 10.3 Å². The van der Waals surface area contributed by atoms with Gasteiger partial charge in [-0.15, -0.1) is 11.3 Å². The molecule has 1 aromatic heterocycles. The zero-order chi connectivity index (χ0) is 9.03. The van der Waals surface area contributed by atoms with Gasteiger partial charge in [-0.2, -0.15) is 0 Å². The molecule has 1 rings (SSSR count). The summed E-state index contributed by atoms with van der Waals surface area (Å²) in [6.07, 6.45) is 1.81. The minimum absolute atomic E-state index is 0.142. The van der Waals surface area contributed by atoms with Gasteiger partial charge in [-0.05, 0) is 13.8 Å². The molecule has 0 spiro atoms. The van der Waals surface area contributed by atoms with Gasteiger partial charge in [0.2, 0.25) is 0 Å². The maximum absolute atomic E-state index is 5.80. The Balaban J connectivity index is 2.20. The highest BCUT2D eigenvalue weighted by atomic mass is 32.1. The Morgan fingerprint density at radius 1 is 1.67 bits per heavy atom. The van der Waals surface area contributed by atoms with Crippen molar-refractivity contribution in [2.45, 2.75) is 25.9 Å². The fourth-order valence-electron chi connectivity index (χ4n) is 0.832. The Kier molecular flexibility index (Phi) is 3.20. The molecular weight excluding hydrogens is 170 g/mol. The lowest BCUT2D eigenvalue weighted by Crippen LogP contribution is -2.42. The van der Waals surface area contributed by atoms with Crippen LogP contribution in [0.3, 0.4) is 0 Å². The van der Waals surface area contributed by atoms with Gasteiger partial charge in [0.05, 0.1) is 0 Å². The van der Waals surface area contributed by atoms with Gasteiger partial charge in [-0.3, -0.25) is 0 Å². The second kappa shape index (κ2) is 3.98. The van der Waals surface area contributed by atoms with Crippen molar-refractivity contribution in [2.24, 2.45) is 5.73 Å². The third kappa shape index (κ3) is 3.80. The van der Waals surface area contributed by atoms with E-state index in [0.29, 0.717) is 0 Å². The third-order valence-electron chi connectivity index (χ3n) is 1.34. The Bertz CT molecular complexity index is 213. The minimum Gasteiger partial charge on any atom is -0.324 e. The fourth-order valence-corrected chi connectivity index (χ4v) is 1.42. The van der Waals surface area contributed by atoms with Crippen molar-refractivity contribution in [2.75, 3.05) is 6.54 Å². The molecule has 0 unspecified atom stereocenters. The number of hydrogen-bond donors (Lipinski definition) is 2. The first-order valence-electron chi connectivity index (χ1n) is 3.96. The zero-order valence-corrected chi connectivity index (χ0v) is 8.32. The summed E-state index contributed by atoms with van der Waals surface area (Å²) < 4.78 is 0. The minimum atomic E-state index is -0.142. The van der Waals surface area contributed by atoms with E-state index in [9.17, 15) is 0 Å². The molecule has 3 nitrogen and oxygen atoms in total. The van der Waals surface area contributed by atoms with Gasteiger partial charge in [0.1, 0.15) is 5.01 Å². The molecular formula is C8H15N3S. The predicted octanol–water partition coefficient (Wildman–Crippen LogP) is 0.970. The molecule has 0 aromatic carbocycles. The van der Waals surface area contributed by atoms with Crippen molar-refractivity contribution < 1.29 is 0 Å². The third-order valence-corrected chi connectivity index (χ3v) is 2.12. The van der Waals surface area contributed by atoms with Crippen LogP contribution in [-0.2, 0) is 6.54 Å². The summed E-state index contributed by atoms with van der Waals surface area (Å²) in [5.41, 5.74) is 5.65. The van der Waals surface area contributed by atoms with Crippen molar-refractivity contribution in [3.8, 4) is 0 Å². The first-order valence-corrected chi connectivity index (χ1v) is 4.84. The topological polar surface area (TPSA) is 50.9 Å². The zero-order valence-electron chi connectivity index (χ0n) is 7.50. The number of thiazole rings is 1. The molecule has 0 saturated carbocycles. The summed E-state index contributed by atoms with van der Waals surface area (Å²) in [4.78, 5) is 4.15. The highest BCUT2D eigenvalue weighted by Crippen LogP contribution is 2.03. The number of nitrogens with two attached hydrogens (primary N) is 1. The van der Waals surface area contributed by atoms with Gasteiger partial charge in [0, 0.05) is 30.2 Å². The number of rotatable bonds is 4. The maximum Gasteiger partial charge on any atom is 0.106 e. The van der Waals surface area contributed by atoms with E-state index < -0.39 is 0 Å². The predicted molar refractivity (Wildman–Crippen MR) is 52.1 cm³/mol. The highest BCUT2D eigenvalue weighted by molar-refractivity contribution is 7.09. The number of nitrogens with one attached hydrogen (secondary N) is 1. The average Bonchev–Trinajstić information content (AvgIpc) is 2.36. The van der Waals surface area contributed by atoms with E-state index in [-0.39, 0.29) is 5.54 Å². The molecule has 0 bridgehead atoms. The van der Waals surface area contributed by atoms with Crippen molar-refractivity contribution in [3.05, 3.63) is 16.6 Å². The number of aromatic nitrogens is 1. The second-order valence-electron chi connectivity index (χ2n) is 3.52. The summed E-state index contributed by atoms with van der Waals surface area (Å²) in [5.74, 6) is 0. The molecule has 3 N–H and O–H groups in total. The Hall–Kier alpha value is -0.450. The number of nitrogens with zero attached hydrogens (tertiary/aromatic N) is 1. The summed E-state index contributed by atoms with van der Waals surface area (Å²) in [6, 6.07) is 0. The Morgan fingerprint density at radius 3 is 2.92 bits per heavy atom. The Labute approximate surface area is 77.0 Å². The van der Waals surface area contributed by atoms with Gasteiger partial charge in [-0.25, -0.2) is 4.98 Å². The van der Waals surface area contributed by atoms with Crippen LogP contribution in [0.4, 0.5) is 0 Å². The molecule has 1 heterocycles. The van der Waals surface area contributed by atoms with Crippen LogP contribution in [0.15, 0.2) is 11.6 Å². The largest absolute Gasteiger partial charge is 0.324 e. The molecule has 0 atom stereocenters. The summed E-state index contributed by atoms with van der Waals surface area (Å²) in [6.45, 7) is 5.63. The van der Waals surface area contributed by atoms with E-state index in [1.165, 1.54) is 0 Å². The average molecular weight is 185 g/mol. The first kappa shape index (κ1) is 9.64. The van der Waals surface area contributed by atoms with E-state index in [4.69, 9.17) is 5.73 Å². The summed E-state index contributed by atoms with van der Waals surface area (Å²) >= 11 is 1.66. The molecule has 0 aliphatic carbocycles. The molecule has 68 valence electrons. The molecule has 12 heavy (non-hydrogen) atoms. The van der Waals surface area contributed by atoms with Crippen LogP contribution in [-0.4, -0.2) is 17.1 Å². The maximum atomic E-state index is 5.80.